The molecule has 200 valence electrons. The van der Waals surface area contributed by atoms with Crippen LogP contribution < -0.4 is 15.4 Å². The maximum absolute atomic E-state index is 10.7. The Labute approximate surface area is 225 Å². The van der Waals surface area contributed by atoms with Crippen LogP contribution in [0.2, 0.25) is 0 Å². The number of carbonyl (C=O) groups is 1. The zero-order valence-corrected chi connectivity index (χ0v) is 22.2. The summed E-state index contributed by atoms with van der Waals surface area (Å²) in [6.45, 7) is 6.94. The summed E-state index contributed by atoms with van der Waals surface area (Å²) in [6, 6.07) is 22.9. The lowest BCUT2D eigenvalue weighted by atomic mass is 9.74. The van der Waals surface area contributed by atoms with E-state index >= 15 is 0 Å². The van der Waals surface area contributed by atoms with Crippen LogP contribution >= 0.6 is 0 Å². The van der Waals surface area contributed by atoms with Crippen molar-refractivity contribution in [2.45, 2.75) is 51.9 Å². The van der Waals surface area contributed by atoms with E-state index in [0.717, 1.165) is 72.7 Å². The van der Waals surface area contributed by atoms with Crippen LogP contribution in [0.5, 0.6) is 5.75 Å². The van der Waals surface area contributed by atoms with Crippen molar-refractivity contribution in [3.8, 4) is 16.9 Å². The second-order valence-corrected chi connectivity index (χ2v) is 10.7. The van der Waals surface area contributed by atoms with E-state index in [1.54, 1.807) is 0 Å². The van der Waals surface area contributed by atoms with E-state index in [9.17, 15) is 4.79 Å². The highest BCUT2D eigenvalue weighted by Gasteiger charge is 2.36. The van der Waals surface area contributed by atoms with Gasteiger partial charge in [-0.15, -0.1) is 0 Å². The fraction of sp³-hybridized carbons (Fsp3) is 0.406. The van der Waals surface area contributed by atoms with E-state index in [-0.39, 0.29) is 12.6 Å². The second kappa shape index (κ2) is 12.0. The molecule has 0 unspecified atom stereocenters. The minimum Gasteiger partial charge on any atom is -0.488 e. The Kier molecular flexibility index (Phi) is 8.30. The van der Waals surface area contributed by atoms with Gasteiger partial charge >= 0.3 is 0 Å². The van der Waals surface area contributed by atoms with Crippen molar-refractivity contribution < 1.29 is 19.0 Å². The van der Waals surface area contributed by atoms with Gasteiger partial charge in [0.05, 0.1) is 6.61 Å². The molecular weight excluding hydrogens is 476 g/mol. The largest absolute Gasteiger partial charge is 0.488 e. The molecule has 0 bridgehead atoms. The van der Waals surface area contributed by atoms with Gasteiger partial charge < -0.3 is 24.8 Å². The number of ether oxygens (including phenoxy) is 3. The molecular formula is C32H38N2O4. The molecule has 6 nitrogen and oxygen atoms in total. The van der Waals surface area contributed by atoms with Crippen LogP contribution in [0.25, 0.3) is 11.1 Å². The maximum Gasteiger partial charge on any atom is 0.293 e. The van der Waals surface area contributed by atoms with Crippen molar-refractivity contribution in [1.82, 2.24) is 0 Å². The third-order valence-corrected chi connectivity index (χ3v) is 7.99. The lowest BCUT2D eigenvalue weighted by molar-refractivity contribution is -0.129. The molecule has 1 atom stereocenters. The van der Waals surface area contributed by atoms with Gasteiger partial charge in [-0.2, -0.15) is 0 Å². The minimum atomic E-state index is -0.0259. The van der Waals surface area contributed by atoms with E-state index in [0.29, 0.717) is 18.5 Å². The highest BCUT2D eigenvalue weighted by molar-refractivity contribution is 5.70. The van der Waals surface area contributed by atoms with E-state index in [2.05, 4.69) is 47.4 Å². The molecule has 5 rings (SSSR count). The topological polar surface area (TPSA) is 74.0 Å². The standard InChI is InChI=1S/C32H38N2O4/c1-24(33)26-7-4-8-27(18-26)29-16-25(20-38-31-9-3-2-6-28(31)21-37-23-35)17-30(19-29)34-13-11-32(12-14-34)10-5-15-36-22-32/h2-4,6-9,16-19,23-24H,5,10-15,20-22,33H2,1H3/t24-/m1/s1. The first-order valence-electron chi connectivity index (χ1n) is 13.6. The summed E-state index contributed by atoms with van der Waals surface area (Å²) in [5, 5.41) is 0. The number of nitrogens with zero attached hydrogens (tertiary/aromatic N) is 1. The summed E-state index contributed by atoms with van der Waals surface area (Å²) in [5.74, 6) is 0.720. The second-order valence-electron chi connectivity index (χ2n) is 10.7. The fourth-order valence-electron chi connectivity index (χ4n) is 5.70. The van der Waals surface area contributed by atoms with Crippen molar-refractivity contribution in [2.24, 2.45) is 11.1 Å². The Morgan fingerprint density at radius 1 is 1.00 bits per heavy atom. The lowest BCUT2D eigenvalue weighted by Gasteiger charge is -2.44. The van der Waals surface area contributed by atoms with Crippen LogP contribution in [0.4, 0.5) is 5.69 Å². The summed E-state index contributed by atoms with van der Waals surface area (Å²) in [6.07, 6.45) is 4.77. The summed E-state index contributed by atoms with van der Waals surface area (Å²) in [4.78, 5) is 13.2. The summed E-state index contributed by atoms with van der Waals surface area (Å²) in [7, 11) is 0. The first-order chi connectivity index (χ1) is 18.5. The number of hydrogen-bond acceptors (Lipinski definition) is 6. The number of piperidine rings is 1. The summed E-state index contributed by atoms with van der Waals surface area (Å²) < 4.78 is 17.1. The average Bonchev–Trinajstić information content (AvgIpc) is 2.96. The molecule has 6 heteroatoms. The molecule has 3 aromatic rings. The van der Waals surface area contributed by atoms with Crippen LogP contribution in [0.1, 0.15) is 55.3 Å². The molecule has 0 aliphatic carbocycles. The predicted octanol–water partition coefficient (Wildman–Crippen LogP) is 6.02. The van der Waals surface area contributed by atoms with Gasteiger partial charge in [-0.1, -0.05) is 36.4 Å². The van der Waals surface area contributed by atoms with Gasteiger partial charge in [-0.3, -0.25) is 4.79 Å². The fourth-order valence-corrected chi connectivity index (χ4v) is 5.70. The molecule has 2 fully saturated rings. The number of para-hydroxylation sites is 1. The van der Waals surface area contributed by atoms with Crippen LogP contribution in [-0.4, -0.2) is 32.8 Å². The minimum absolute atomic E-state index is 0.0259. The van der Waals surface area contributed by atoms with E-state index in [4.69, 9.17) is 19.9 Å². The highest BCUT2D eigenvalue weighted by Crippen LogP contribution is 2.40. The SMILES string of the molecule is C[C@@H](N)c1cccc(-c2cc(COc3ccccc3COC=O)cc(N3CCC4(CCCOC4)CC3)c2)c1. The predicted molar refractivity (Wildman–Crippen MR) is 150 cm³/mol. The molecule has 0 amide bonds. The third kappa shape index (κ3) is 6.20. The zero-order valence-electron chi connectivity index (χ0n) is 22.2. The van der Waals surface area contributed by atoms with Crippen molar-refractivity contribution in [3.05, 3.63) is 83.4 Å². The molecule has 2 aliphatic heterocycles. The molecule has 2 N–H and O–H groups in total. The monoisotopic (exact) mass is 514 g/mol. The van der Waals surface area contributed by atoms with Crippen molar-refractivity contribution in [2.75, 3.05) is 31.2 Å². The third-order valence-electron chi connectivity index (χ3n) is 7.99. The smallest absolute Gasteiger partial charge is 0.293 e. The number of anilines is 1. The molecule has 0 saturated carbocycles. The van der Waals surface area contributed by atoms with Crippen LogP contribution in [-0.2, 0) is 27.5 Å². The molecule has 0 aromatic heterocycles. The average molecular weight is 515 g/mol. The van der Waals surface area contributed by atoms with Gasteiger partial charge in [-0.25, -0.2) is 0 Å². The van der Waals surface area contributed by atoms with Gasteiger partial charge in [0, 0.05) is 37.0 Å². The Morgan fingerprint density at radius 3 is 2.61 bits per heavy atom. The molecule has 2 heterocycles. The van der Waals surface area contributed by atoms with Crippen molar-refractivity contribution in [1.29, 1.82) is 0 Å². The Morgan fingerprint density at radius 2 is 1.84 bits per heavy atom. The quantitative estimate of drug-likeness (QED) is 0.352. The number of rotatable bonds is 9. The van der Waals surface area contributed by atoms with Gasteiger partial charge in [0.2, 0.25) is 0 Å². The van der Waals surface area contributed by atoms with Gasteiger partial charge in [-0.05, 0) is 90.6 Å². The molecule has 38 heavy (non-hydrogen) atoms. The number of carbonyl (C=O) groups excluding carboxylic acids is 1. The first-order valence-corrected chi connectivity index (χ1v) is 13.6. The van der Waals surface area contributed by atoms with Crippen molar-refractivity contribution >= 4 is 12.2 Å². The maximum atomic E-state index is 10.7. The van der Waals surface area contributed by atoms with Gasteiger partial charge in [0.1, 0.15) is 19.0 Å². The number of hydrogen-bond donors (Lipinski definition) is 1. The molecule has 1 spiro atoms. The van der Waals surface area contributed by atoms with E-state index in [1.807, 2.05) is 31.2 Å². The van der Waals surface area contributed by atoms with Gasteiger partial charge in [0.25, 0.3) is 6.47 Å². The first kappa shape index (κ1) is 26.3. The zero-order chi connectivity index (χ0) is 26.4. The van der Waals surface area contributed by atoms with Crippen LogP contribution in [0.3, 0.4) is 0 Å². The molecule has 2 saturated heterocycles. The summed E-state index contributed by atoms with van der Waals surface area (Å²) >= 11 is 0. The molecule has 2 aliphatic rings. The highest BCUT2D eigenvalue weighted by atomic mass is 16.5. The Balaban J connectivity index is 1.41. The Hall–Kier alpha value is -3.35. The summed E-state index contributed by atoms with van der Waals surface area (Å²) in [5.41, 5.74) is 13.1. The number of nitrogens with two attached hydrogens (primary N) is 1. The Bertz CT molecular complexity index is 1230. The normalized spacial score (nSPS) is 17.7. The molecule has 3 aromatic carbocycles. The van der Waals surface area contributed by atoms with Crippen molar-refractivity contribution in [3.63, 3.8) is 0 Å². The number of benzene rings is 3. The van der Waals surface area contributed by atoms with Crippen LogP contribution in [0, 0.1) is 5.41 Å². The lowest BCUT2D eigenvalue weighted by Crippen LogP contribution is -2.44. The van der Waals surface area contributed by atoms with Gasteiger partial charge in [0.15, 0.2) is 0 Å². The molecule has 0 radical (unpaired) electrons. The van der Waals surface area contributed by atoms with E-state index < -0.39 is 0 Å². The van der Waals surface area contributed by atoms with Crippen LogP contribution in [0.15, 0.2) is 66.7 Å². The van der Waals surface area contributed by atoms with E-state index in [1.165, 1.54) is 18.5 Å².